The summed E-state index contributed by atoms with van der Waals surface area (Å²) in [5, 5.41) is 0. The predicted molar refractivity (Wildman–Crippen MR) is 76.8 cm³/mol. The van der Waals surface area contributed by atoms with Gasteiger partial charge in [-0.15, -0.1) is 0 Å². The molecule has 0 unspecified atom stereocenters. The van der Waals surface area contributed by atoms with E-state index < -0.39 is 17.6 Å². The molecule has 0 atom stereocenters. The van der Waals surface area contributed by atoms with Gasteiger partial charge in [0.1, 0.15) is 0 Å². The fraction of sp³-hybridized carbons (Fsp3) is 0.667. The molecule has 2 aliphatic rings. The topological polar surface area (TPSA) is 28.6 Å². The molecule has 3 rings (SSSR count). The van der Waals surface area contributed by atoms with E-state index in [0.717, 1.165) is 39.1 Å². The maximum atomic E-state index is 14.0. The smallest absolute Gasteiger partial charge is 0.379 e. The van der Waals surface area contributed by atoms with Crippen molar-refractivity contribution in [3.8, 4) is 0 Å². The van der Waals surface area contributed by atoms with Gasteiger partial charge in [-0.3, -0.25) is 4.90 Å². The Morgan fingerprint density at radius 1 is 1.09 bits per heavy atom. The van der Waals surface area contributed by atoms with Crippen LogP contribution in [0.3, 0.4) is 0 Å². The number of morpholine rings is 1. The molecule has 23 heavy (non-hydrogen) atoms. The van der Waals surface area contributed by atoms with Gasteiger partial charge in [-0.25, -0.2) is 9.37 Å². The molecule has 2 fully saturated rings. The first-order valence-electron chi connectivity index (χ1n) is 7.74. The number of ether oxygens (including phenoxy) is 1. The number of alkyl halides is 3. The summed E-state index contributed by atoms with van der Waals surface area (Å²) >= 11 is 0. The van der Waals surface area contributed by atoms with Crippen LogP contribution in [0.4, 0.5) is 23.4 Å². The Hall–Kier alpha value is -1.41. The van der Waals surface area contributed by atoms with E-state index in [0.29, 0.717) is 31.4 Å². The lowest BCUT2D eigenvalue weighted by atomic mass is 10.0. The first-order valence-corrected chi connectivity index (χ1v) is 7.74. The van der Waals surface area contributed by atoms with Gasteiger partial charge in [0.2, 0.25) is 0 Å². The van der Waals surface area contributed by atoms with Gasteiger partial charge in [0.15, 0.2) is 11.6 Å². The maximum absolute atomic E-state index is 14.0. The van der Waals surface area contributed by atoms with Gasteiger partial charge in [-0.1, -0.05) is 0 Å². The summed E-state index contributed by atoms with van der Waals surface area (Å²) in [6, 6.07) is 0.948. The summed E-state index contributed by atoms with van der Waals surface area (Å²) in [6.07, 6.45) is -2.17. The first-order chi connectivity index (χ1) is 10.9. The fourth-order valence-corrected chi connectivity index (χ4v) is 3.20. The monoisotopic (exact) mass is 333 g/mol. The molecule has 8 heteroatoms. The SMILES string of the molecule is Fc1cc(C(F)(F)F)cnc1N1CCC(N2CCOCC2)CC1. The second-order valence-electron chi connectivity index (χ2n) is 5.89. The normalized spacial score (nSPS) is 21.7. The van der Waals surface area contributed by atoms with Gasteiger partial charge < -0.3 is 9.64 Å². The molecule has 2 aliphatic heterocycles. The largest absolute Gasteiger partial charge is 0.417 e. The molecule has 1 aromatic heterocycles. The quantitative estimate of drug-likeness (QED) is 0.778. The summed E-state index contributed by atoms with van der Waals surface area (Å²) < 4.78 is 57.0. The lowest BCUT2D eigenvalue weighted by molar-refractivity contribution is -0.138. The second-order valence-corrected chi connectivity index (χ2v) is 5.89. The lowest BCUT2D eigenvalue weighted by Gasteiger charge is -2.40. The van der Waals surface area contributed by atoms with E-state index in [1.54, 1.807) is 4.90 Å². The zero-order chi connectivity index (χ0) is 16.4. The molecule has 0 bridgehead atoms. The highest BCUT2D eigenvalue weighted by atomic mass is 19.4. The predicted octanol–water partition coefficient (Wildman–Crippen LogP) is 2.54. The number of anilines is 1. The second kappa shape index (κ2) is 6.60. The standard InChI is InChI=1S/C15H19F4N3O/c16-13-9-11(15(17,18)19)10-20-14(13)22-3-1-12(2-4-22)21-5-7-23-8-6-21/h9-10,12H,1-8H2. The van der Waals surface area contributed by atoms with E-state index in [2.05, 4.69) is 9.88 Å². The number of rotatable bonds is 2. The highest BCUT2D eigenvalue weighted by Crippen LogP contribution is 2.31. The number of hydrogen-bond donors (Lipinski definition) is 0. The summed E-state index contributed by atoms with van der Waals surface area (Å²) in [7, 11) is 0. The zero-order valence-electron chi connectivity index (χ0n) is 12.7. The highest BCUT2D eigenvalue weighted by molar-refractivity contribution is 5.42. The molecule has 128 valence electrons. The summed E-state index contributed by atoms with van der Waals surface area (Å²) in [5.74, 6) is -0.900. The Balaban J connectivity index is 1.63. The minimum absolute atomic E-state index is 0.0124. The molecule has 4 nitrogen and oxygen atoms in total. The van der Waals surface area contributed by atoms with Crippen molar-refractivity contribution in [1.29, 1.82) is 0 Å². The molecule has 0 spiro atoms. The van der Waals surface area contributed by atoms with Crippen molar-refractivity contribution in [3.05, 3.63) is 23.6 Å². The Labute approximate surface area is 132 Å². The van der Waals surface area contributed by atoms with Gasteiger partial charge in [-0.05, 0) is 18.9 Å². The van der Waals surface area contributed by atoms with Crippen molar-refractivity contribution in [1.82, 2.24) is 9.88 Å². The van der Waals surface area contributed by atoms with Gasteiger partial charge in [-0.2, -0.15) is 13.2 Å². The third-order valence-electron chi connectivity index (χ3n) is 4.48. The highest BCUT2D eigenvalue weighted by Gasteiger charge is 2.33. The van der Waals surface area contributed by atoms with Crippen LogP contribution >= 0.6 is 0 Å². The van der Waals surface area contributed by atoms with Gasteiger partial charge >= 0.3 is 6.18 Å². The molecule has 1 aromatic rings. The number of nitrogens with zero attached hydrogens (tertiary/aromatic N) is 3. The van der Waals surface area contributed by atoms with Crippen molar-refractivity contribution in [3.63, 3.8) is 0 Å². The average molecular weight is 333 g/mol. The molecular formula is C15H19F4N3O. The molecule has 0 amide bonds. The van der Waals surface area contributed by atoms with E-state index >= 15 is 0 Å². The summed E-state index contributed by atoms with van der Waals surface area (Å²) in [4.78, 5) is 7.80. The molecular weight excluding hydrogens is 314 g/mol. The van der Waals surface area contributed by atoms with Crippen molar-refractivity contribution in [2.24, 2.45) is 0 Å². The van der Waals surface area contributed by atoms with Crippen molar-refractivity contribution < 1.29 is 22.3 Å². The molecule has 3 heterocycles. The number of pyridine rings is 1. The number of hydrogen-bond acceptors (Lipinski definition) is 4. The zero-order valence-corrected chi connectivity index (χ0v) is 12.7. The van der Waals surface area contributed by atoms with Crippen LogP contribution < -0.4 is 4.90 Å². The number of piperidine rings is 1. The molecule has 0 aliphatic carbocycles. The average Bonchev–Trinajstić information content (AvgIpc) is 2.55. The van der Waals surface area contributed by atoms with Crippen LogP contribution in [0.25, 0.3) is 0 Å². The lowest BCUT2D eigenvalue weighted by Crippen LogP contribution is -2.49. The Morgan fingerprint density at radius 3 is 2.30 bits per heavy atom. The van der Waals surface area contributed by atoms with Crippen LogP contribution in [0.15, 0.2) is 12.3 Å². The molecule has 0 aromatic carbocycles. The summed E-state index contributed by atoms with van der Waals surface area (Å²) in [5.41, 5.74) is -1.05. The van der Waals surface area contributed by atoms with Crippen molar-refractivity contribution in [2.45, 2.75) is 25.1 Å². The minimum Gasteiger partial charge on any atom is -0.379 e. The van der Waals surface area contributed by atoms with Crippen LogP contribution in [0.5, 0.6) is 0 Å². The first kappa shape index (κ1) is 16.4. The van der Waals surface area contributed by atoms with Crippen LogP contribution in [-0.4, -0.2) is 55.3 Å². The number of aromatic nitrogens is 1. The van der Waals surface area contributed by atoms with Crippen LogP contribution in [0.2, 0.25) is 0 Å². The molecule has 2 saturated heterocycles. The molecule has 0 N–H and O–H groups in total. The van der Waals surface area contributed by atoms with Gasteiger partial charge in [0.25, 0.3) is 0 Å². The van der Waals surface area contributed by atoms with E-state index in [1.165, 1.54) is 0 Å². The van der Waals surface area contributed by atoms with E-state index in [4.69, 9.17) is 4.74 Å². The van der Waals surface area contributed by atoms with Crippen molar-refractivity contribution >= 4 is 5.82 Å². The van der Waals surface area contributed by atoms with Gasteiger partial charge in [0.05, 0.1) is 18.8 Å². The molecule has 0 saturated carbocycles. The van der Waals surface area contributed by atoms with Crippen LogP contribution in [-0.2, 0) is 10.9 Å². The summed E-state index contributed by atoms with van der Waals surface area (Å²) in [6.45, 7) is 4.45. The van der Waals surface area contributed by atoms with Crippen LogP contribution in [0.1, 0.15) is 18.4 Å². The van der Waals surface area contributed by atoms with Crippen LogP contribution in [0, 0.1) is 5.82 Å². The van der Waals surface area contributed by atoms with E-state index in [-0.39, 0.29) is 5.82 Å². The third kappa shape index (κ3) is 3.74. The Bertz CT molecular complexity index is 538. The number of halogens is 4. The van der Waals surface area contributed by atoms with Gasteiger partial charge in [0, 0.05) is 38.4 Å². The molecule has 0 radical (unpaired) electrons. The third-order valence-corrected chi connectivity index (χ3v) is 4.48. The fourth-order valence-electron chi connectivity index (χ4n) is 3.20. The maximum Gasteiger partial charge on any atom is 0.417 e. The Morgan fingerprint density at radius 2 is 1.74 bits per heavy atom. The van der Waals surface area contributed by atoms with Crippen molar-refractivity contribution in [2.75, 3.05) is 44.3 Å². The Kier molecular flexibility index (Phi) is 4.72. The minimum atomic E-state index is -4.57. The van der Waals surface area contributed by atoms with E-state index in [9.17, 15) is 17.6 Å². The van der Waals surface area contributed by atoms with E-state index in [1.807, 2.05) is 0 Å².